The predicted molar refractivity (Wildman–Crippen MR) is 135 cm³/mol. The van der Waals surface area contributed by atoms with E-state index in [9.17, 15) is 13.2 Å². The van der Waals surface area contributed by atoms with Gasteiger partial charge >= 0.3 is 0 Å². The van der Waals surface area contributed by atoms with Gasteiger partial charge in [0.05, 0.1) is 21.7 Å². The highest BCUT2D eigenvalue weighted by atomic mass is 79.9. The largest absolute Gasteiger partial charge is 0.492 e. The zero-order chi connectivity index (χ0) is 24.1. The Bertz CT molecular complexity index is 1190. The number of para-hydroxylation sites is 1. The summed E-state index contributed by atoms with van der Waals surface area (Å²) in [5, 5.41) is 0. The van der Waals surface area contributed by atoms with Crippen LogP contribution in [0, 0.1) is 0 Å². The molecule has 0 spiro atoms. The molecule has 0 N–H and O–H groups in total. The van der Waals surface area contributed by atoms with Crippen molar-refractivity contribution in [3.05, 3.63) is 88.9 Å². The van der Waals surface area contributed by atoms with E-state index < -0.39 is 15.9 Å². The lowest BCUT2D eigenvalue weighted by Gasteiger charge is -2.23. The summed E-state index contributed by atoms with van der Waals surface area (Å²) in [4.78, 5) is 13.1. The van der Waals surface area contributed by atoms with Gasteiger partial charge in [0.1, 0.15) is 5.75 Å². The van der Waals surface area contributed by atoms with Crippen LogP contribution >= 0.6 is 15.9 Å². The SMILES string of the molecule is CC(C)(C)c1ccc(OCCCC(=O)N(c2ccccc2)S(=O)(=O)c2ccccc2)c(Br)c1. The molecule has 0 heterocycles. The Morgan fingerprint density at radius 1 is 0.939 bits per heavy atom. The second-order valence-electron chi connectivity index (χ2n) is 8.66. The molecule has 7 heteroatoms. The number of carbonyl (C=O) groups excluding carboxylic acids is 1. The quantitative estimate of drug-likeness (QED) is 0.320. The van der Waals surface area contributed by atoms with Crippen LogP contribution in [0.1, 0.15) is 39.2 Å². The van der Waals surface area contributed by atoms with Gasteiger partial charge in [-0.3, -0.25) is 4.79 Å². The first-order chi connectivity index (χ1) is 15.6. The molecule has 0 aliphatic carbocycles. The molecule has 3 rings (SSSR count). The van der Waals surface area contributed by atoms with Crippen molar-refractivity contribution in [3.8, 4) is 5.75 Å². The summed E-state index contributed by atoms with van der Waals surface area (Å²) in [6.45, 7) is 6.71. The molecule has 174 valence electrons. The Morgan fingerprint density at radius 3 is 2.12 bits per heavy atom. The van der Waals surface area contributed by atoms with Gasteiger partial charge in [-0.1, -0.05) is 63.2 Å². The molecule has 0 fully saturated rings. The summed E-state index contributed by atoms with van der Waals surface area (Å²) in [6.07, 6.45) is 0.401. The first-order valence-electron chi connectivity index (χ1n) is 10.7. The summed E-state index contributed by atoms with van der Waals surface area (Å²) < 4.78 is 34.1. The molecular weight excluding hydrogens is 502 g/mol. The molecule has 0 aromatic heterocycles. The number of rotatable bonds is 8. The van der Waals surface area contributed by atoms with Gasteiger partial charge in [0.25, 0.3) is 10.0 Å². The van der Waals surface area contributed by atoms with Crippen molar-refractivity contribution >= 4 is 37.5 Å². The van der Waals surface area contributed by atoms with Crippen LogP contribution in [0.2, 0.25) is 0 Å². The number of hydrogen-bond donors (Lipinski definition) is 0. The van der Waals surface area contributed by atoms with E-state index in [0.29, 0.717) is 17.9 Å². The second-order valence-corrected chi connectivity index (χ2v) is 11.3. The maximum atomic E-state index is 13.3. The second kappa shape index (κ2) is 10.5. The predicted octanol–water partition coefficient (Wildman–Crippen LogP) is 6.33. The summed E-state index contributed by atoms with van der Waals surface area (Å²) in [7, 11) is -4.03. The van der Waals surface area contributed by atoms with Crippen molar-refractivity contribution in [3.63, 3.8) is 0 Å². The van der Waals surface area contributed by atoms with Crippen molar-refractivity contribution < 1.29 is 17.9 Å². The standard InChI is InChI=1S/C26H28BrNO4S/c1-26(2,3)20-16-17-24(23(27)19-20)32-18-10-15-25(29)28(21-11-6-4-7-12-21)33(30,31)22-13-8-5-9-14-22/h4-9,11-14,16-17,19H,10,15,18H2,1-3H3. The molecule has 0 saturated carbocycles. The minimum atomic E-state index is -4.03. The maximum absolute atomic E-state index is 13.3. The fourth-order valence-electron chi connectivity index (χ4n) is 3.27. The molecule has 5 nitrogen and oxygen atoms in total. The molecule has 0 radical (unpaired) electrons. The molecule has 0 aliphatic heterocycles. The fourth-order valence-corrected chi connectivity index (χ4v) is 5.23. The first-order valence-corrected chi connectivity index (χ1v) is 12.9. The number of carbonyl (C=O) groups is 1. The number of anilines is 1. The Labute approximate surface area is 204 Å². The number of benzene rings is 3. The molecule has 33 heavy (non-hydrogen) atoms. The molecule has 0 bridgehead atoms. The van der Waals surface area contributed by atoms with Gasteiger partial charge in [-0.25, -0.2) is 12.7 Å². The summed E-state index contributed by atoms with van der Waals surface area (Å²) in [5.41, 5.74) is 1.52. The van der Waals surface area contributed by atoms with Gasteiger partial charge < -0.3 is 4.74 Å². The van der Waals surface area contributed by atoms with Crippen LogP contribution in [0.15, 0.2) is 88.2 Å². The Hall–Kier alpha value is -2.64. The zero-order valence-electron chi connectivity index (χ0n) is 19.0. The topological polar surface area (TPSA) is 63.7 Å². The normalized spacial score (nSPS) is 11.8. The van der Waals surface area contributed by atoms with Crippen LogP contribution in [0.4, 0.5) is 5.69 Å². The van der Waals surface area contributed by atoms with Gasteiger partial charge in [0, 0.05) is 6.42 Å². The van der Waals surface area contributed by atoms with Crippen LogP contribution in [-0.4, -0.2) is 20.9 Å². The Morgan fingerprint density at radius 2 is 1.55 bits per heavy atom. The molecule has 0 saturated heterocycles. The van der Waals surface area contributed by atoms with Gasteiger partial charge in [0.15, 0.2) is 0 Å². The van der Waals surface area contributed by atoms with E-state index in [1.54, 1.807) is 48.5 Å². The first kappa shape index (κ1) is 25.0. The zero-order valence-corrected chi connectivity index (χ0v) is 21.4. The van der Waals surface area contributed by atoms with Gasteiger partial charge in [-0.2, -0.15) is 0 Å². The number of ether oxygens (including phenoxy) is 1. The smallest absolute Gasteiger partial charge is 0.270 e. The summed E-state index contributed by atoms with van der Waals surface area (Å²) >= 11 is 3.55. The lowest BCUT2D eigenvalue weighted by atomic mass is 9.87. The monoisotopic (exact) mass is 529 g/mol. The summed E-state index contributed by atoms with van der Waals surface area (Å²) in [6, 6.07) is 22.4. The average Bonchev–Trinajstić information content (AvgIpc) is 2.78. The van der Waals surface area contributed by atoms with E-state index in [0.717, 1.165) is 8.78 Å². The lowest BCUT2D eigenvalue weighted by molar-refractivity contribution is -0.117. The number of hydrogen-bond acceptors (Lipinski definition) is 4. The third kappa shape index (κ3) is 6.24. The van der Waals surface area contributed by atoms with E-state index >= 15 is 0 Å². The molecule has 1 amide bonds. The van der Waals surface area contributed by atoms with E-state index in [-0.39, 0.29) is 23.3 Å². The highest BCUT2D eigenvalue weighted by Gasteiger charge is 2.30. The third-order valence-electron chi connectivity index (χ3n) is 5.09. The van der Waals surface area contributed by atoms with E-state index in [1.807, 2.05) is 18.2 Å². The van der Waals surface area contributed by atoms with Crippen molar-refractivity contribution in [2.75, 3.05) is 10.9 Å². The van der Waals surface area contributed by atoms with Crippen LogP contribution in [0.25, 0.3) is 0 Å². The minimum Gasteiger partial charge on any atom is -0.492 e. The van der Waals surface area contributed by atoms with Crippen LogP contribution in [0.3, 0.4) is 0 Å². The lowest BCUT2D eigenvalue weighted by Crippen LogP contribution is -2.37. The van der Waals surface area contributed by atoms with Crippen molar-refractivity contribution in [1.29, 1.82) is 0 Å². The average molecular weight is 530 g/mol. The van der Waals surface area contributed by atoms with Crippen molar-refractivity contribution in [2.45, 2.75) is 43.9 Å². The Balaban J connectivity index is 1.70. The molecule has 0 unspecified atom stereocenters. The number of nitrogens with zero attached hydrogens (tertiary/aromatic N) is 1. The van der Waals surface area contributed by atoms with Crippen molar-refractivity contribution in [2.24, 2.45) is 0 Å². The van der Waals surface area contributed by atoms with E-state index in [2.05, 4.69) is 36.7 Å². The molecule has 3 aromatic rings. The van der Waals surface area contributed by atoms with Crippen LogP contribution in [0.5, 0.6) is 5.75 Å². The highest BCUT2D eigenvalue weighted by Crippen LogP contribution is 2.31. The number of halogens is 1. The highest BCUT2D eigenvalue weighted by molar-refractivity contribution is 9.10. The number of amides is 1. The van der Waals surface area contributed by atoms with Gasteiger partial charge in [-0.05, 0) is 69.7 Å². The van der Waals surface area contributed by atoms with Crippen LogP contribution < -0.4 is 9.04 Å². The third-order valence-corrected chi connectivity index (χ3v) is 7.47. The van der Waals surface area contributed by atoms with E-state index in [4.69, 9.17) is 4.74 Å². The van der Waals surface area contributed by atoms with Gasteiger partial charge in [-0.15, -0.1) is 0 Å². The van der Waals surface area contributed by atoms with Crippen molar-refractivity contribution in [1.82, 2.24) is 0 Å². The molecular formula is C26H28BrNO4S. The molecule has 3 aromatic carbocycles. The fraction of sp³-hybridized carbons (Fsp3) is 0.269. The Kier molecular flexibility index (Phi) is 7.97. The van der Waals surface area contributed by atoms with Gasteiger partial charge in [0.2, 0.25) is 5.91 Å². The summed E-state index contributed by atoms with van der Waals surface area (Å²) in [5.74, 6) is 0.183. The maximum Gasteiger partial charge on any atom is 0.270 e. The minimum absolute atomic E-state index is 0.0264. The van der Waals surface area contributed by atoms with E-state index in [1.165, 1.54) is 17.7 Å². The van der Waals surface area contributed by atoms with Crippen LogP contribution in [-0.2, 0) is 20.2 Å². The number of sulfonamides is 1. The molecule has 0 atom stereocenters. The molecule has 0 aliphatic rings.